The molecule has 0 bridgehead atoms. The van der Waals surface area contributed by atoms with E-state index in [2.05, 4.69) is 88.6 Å². The van der Waals surface area contributed by atoms with Gasteiger partial charge in [-0.2, -0.15) is 0 Å². The van der Waals surface area contributed by atoms with Crippen LogP contribution >= 0.6 is 15.9 Å². The Hall–Kier alpha value is -1.80. The quantitative estimate of drug-likeness (QED) is 0.416. The summed E-state index contributed by atoms with van der Waals surface area (Å²) in [7, 11) is 0. The van der Waals surface area contributed by atoms with Crippen molar-refractivity contribution in [3.8, 4) is 5.69 Å². The molecule has 0 saturated carbocycles. The molecule has 0 saturated heterocycles. The number of aryl methyl sites for hydroxylation is 1. The van der Waals surface area contributed by atoms with Gasteiger partial charge in [-0.1, -0.05) is 54.1 Å². The molecule has 116 valence electrons. The van der Waals surface area contributed by atoms with Crippen LogP contribution in [-0.4, -0.2) is 4.57 Å². The standard InChI is InChI=1S/C15H12BrN.C3H6.C2H6/c1-11-10-12-4-2-3-5-15(12)17(11)14-8-6-13(16)7-9-14;1-3-2;1-2/h2-10H,1H3;3H,1H2,2H3;1-2H3. The molecule has 0 aliphatic carbocycles. The molecule has 0 spiro atoms. The topological polar surface area (TPSA) is 4.93 Å². The molecule has 1 nitrogen and oxygen atoms in total. The van der Waals surface area contributed by atoms with Gasteiger partial charge in [0.05, 0.1) is 5.52 Å². The first-order chi connectivity index (χ1) is 10.7. The maximum Gasteiger partial charge on any atom is 0.0531 e. The summed E-state index contributed by atoms with van der Waals surface area (Å²) in [5, 5.41) is 1.29. The summed E-state index contributed by atoms with van der Waals surface area (Å²) < 4.78 is 3.39. The van der Waals surface area contributed by atoms with Crippen molar-refractivity contribution in [2.45, 2.75) is 27.7 Å². The van der Waals surface area contributed by atoms with Gasteiger partial charge in [0, 0.05) is 21.2 Å². The van der Waals surface area contributed by atoms with Crippen molar-refractivity contribution in [2.24, 2.45) is 0 Å². The van der Waals surface area contributed by atoms with E-state index in [9.17, 15) is 0 Å². The van der Waals surface area contributed by atoms with Crippen molar-refractivity contribution in [2.75, 3.05) is 0 Å². The zero-order chi connectivity index (χ0) is 16.5. The first-order valence-electron chi connectivity index (χ1n) is 7.57. The van der Waals surface area contributed by atoms with E-state index < -0.39 is 0 Å². The molecular formula is C20H24BrN. The summed E-state index contributed by atoms with van der Waals surface area (Å²) in [6.07, 6.45) is 1.75. The lowest BCUT2D eigenvalue weighted by Gasteiger charge is -2.08. The number of aromatic nitrogens is 1. The van der Waals surface area contributed by atoms with Crippen molar-refractivity contribution in [1.29, 1.82) is 0 Å². The van der Waals surface area contributed by atoms with E-state index in [4.69, 9.17) is 0 Å². The van der Waals surface area contributed by atoms with E-state index in [1.807, 2.05) is 20.8 Å². The maximum absolute atomic E-state index is 3.47. The highest BCUT2D eigenvalue weighted by atomic mass is 79.9. The van der Waals surface area contributed by atoms with Gasteiger partial charge in [0.15, 0.2) is 0 Å². The van der Waals surface area contributed by atoms with E-state index in [-0.39, 0.29) is 0 Å². The maximum atomic E-state index is 3.47. The smallest absolute Gasteiger partial charge is 0.0531 e. The summed E-state index contributed by atoms with van der Waals surface area (Å²) in [5.74, 6) is 0. The third-order valence-corrected chi connectivity index (χ3v) is 3.51. The highest BCUT2D eigenvalue weighted by molar-refractivity contribution is 9.10. The molecule has 1 aromatic heterocycles. The lowest BCUT2D eigenvalue weighted by molar-refractivity contribution is 1.05. The normalized spacial score (nSPS) is 9.32. The first kappa shape index (κ1) is 18.2. The molecule has 0 N–H and O–H groups in total. The van der Waals surface area contributed by atoms with Gasteiger partial charge in [-0.3, -0.25) is 0 Å². The molecule has 2 aromatic carbocycles. The fraction of sp³-hybridized carbons (Fsp3) is 0.200. The molecular weight excluding hydrogens is 334 g/mol. The van der Waals surface area contributed by atoms with Gasteiger partial charge in [0.2, 0.25) is 0 Å². The Morgan fingerprint density at radius 3 is 2.14 bits per heavy atom. The number of hydrogen-bond acceptors (Lipinski definition) is 0. The van der Waals surface area contributed by atoms with Gasteiger partial charge in [0.1, 0.15) is 0 Å². The molecule has 22 heavy (non-hydrogen) atoms. The highest BCUT2D eigenvalue weighted by Gasteiger charge is 2.06. The molecule has 1 heterocycles. The minimum Gasteiger partial charge on any atom is -0.314 e. The van der Waals surface area contributed by atoms with Crippen LogP contribution in [0.3, 0.4) is 0 Å². The third-order valence-electron chi connectivity index (χ3n) is 2.98. The van der Waals surface area contributed by atoms with Crippen molar-refractivity contribution in [3.05, 3.63) is 77.4 Å². The van der Waals surface area contributed by atoms with Gasteiger partial charge in [-0.05, 0) is 50.2 Å². The second-order valence-electron chi connectivity index (χ2n) is 4.56. The first-order valence-corrected chi connectivity index (χ1v) is 8.36. The Kier molecular flexibility index (Phi) is 7.69. The lowest BCUT2D eigenvalue weighted by atomic mass is 10.2. The van der Waals surface area contributed by atoms with Crippen LogP contribution in [0.5, 0.6) is 0 Å². The molecule has 3 aromatic rings. The van der Waals surface area contributed by atoms with Crippen LogP contribution in [0.15, 0.2) is 71.7 Å². The Balaban J connectivity index is 0.000000435. The minimum atomic E-state index is 1.11. The van der Waals surface area contributed by atoms with E-state index in [0.29, 0.717) is 0 Å². The highest BCUT2D eigenvalue weighted by Crippen LogP contribution is 2.24. The zero-order valence-electron chi connectivity index (χ0n) is 13.8. The molecule has 0 aliphatic heterocycles. The summed E-state index contributed by atoms with van der Waals surface area (Å²) in [6, 6.07) is 19.1. The number of halogens is 1. The summed E-state index contributed by atoms with van der Waals surface area (Å²) >= 11 is 3.47. The number of nitrogens with zero attached hydrogens (tertiary/aromatic N) is 1. The zero-order valence-corrected chi connectivity index (χ0v) is 15.4. The van der Waals surface area contributed by atoms with Crippen molar-refractivity contribution >= 4 is 26.8 Å². The van der Waals surface area contributed by atoms with E-state index >= 15 is 0 Å². The molecule has 0 aliphatic rings. The molecule has 3 rings (SSSR count). The van der Waals surface area contributed by atoms with Gasteiger partial charge in [-0.15, -0.1) is 6.58 Å². The van der Waals surface area contributed by atoms with Crippen molar-refractivity contribution in [3.63, 3.8) is 0 Å². The lowest BCUT2D eigenvalue weighted by Crippen LogP contribution is -1.95. The van der Waals surface area contributed by atoms with E-state index in [0.717, 1.165) is 4.47 Å². The number of allylic oxidation sites excluding steroid dienone is 1. The third kappa shape index (κ3) is 4.35. The van der Waals surface area contributed by atoms with Crippen LogP contribution in [-0.2, 0) is 0 Å². The van der Waals surface area contributed by atoms with Crippen LogP contribution in [0.2, 0.25) is 0 Å². The van der Waals surface area contributed by atoms with Crippen LogP contribution in [0, 0.1) is 6.92 Å². The van der Waals surface area contributed by atoms with Gasteiger partial charge < -0.3 is 4.57 Å². The summed E-state index contributed by atoms with van der Waals surface area (Å²) in [6.45, 7) is 11.4. The van der Waals surface area contributed by atoms with Crippen LogP contribution < -0.4 is 0 Å². The van der Waals surface area contributed by atoms with Gasteiger partial charge in [-0.25, -0.2) is 0 Å². The second kappa shape index (κ2) is 9.26. The van der Waals surface area contributed by atoms with Crippen molar-refractivity contribution < 1.29 is 0 Å². The number of rotatable bonds is 1. The second-order valence-corrected chi connectivity index (χ2v) is 5.48. The Morgan fingerprint density at radius 2 is 1.55 bits per heavy atom. The van der Waals surface area contributed by atoms with Crippen LogP contribution in [0.1, 0.15) is 26.5 Å². The molecule has 0 radical (unpaired) electrons. The number of benzene rings is 2. The molecule has 0 unspecified atom stereocenters. The molecule has 0 amide bonds. The molecule has 0 atom stereocenters. The predicted molar refractivity (Wildman–Crippen MR) is 103 cm³/mol. The van der Waals surface area contributed by atoms with E-state index in [1.54, 1.807) is 6.08 Å². The summed E-state index contributed by atoms with van der Waals surface area (Å²) in [4.78, 5) is 0. The Morgan fingerprint density at radius 1 is 1.00 bits per heavy atom. The SMILES string of the molecule is C=CC.CC.Cc1cc2ccccc2n1-c1ccc(Br)cc1. The van der Waals surface area contributed by atoms with Crippen LogP contribution in [0.25, 0.3) is 16.6 Å². The number of hydrogen-bond donors (Lipinski definition) is 0. The Labute approximate surface area is 142 Å². The molecule has 0 fully saturated rings. The fourth-order valence-electron chi connectivity index (χ4n) is 2.23. The molecule has 2 heteroatoms. The predicted octanol–water partition coefficient (Wildman–Crippen LogP) is 6.92. The fourth-order valence-corrected chi connectivity index (χ4v) is 2.49. The average molecular weight is 358 g/mol. The van der Waals surface area contributed by atoms with Crippen LogP contribution in [0.4, 0.5) is 0 Å². The van der Waals surface area contributed by atoms with Gasteiger partial charge >= 0.3 is 0 Å². The largest absolute Gasteiger partial charge is 0.314 e. The van der Waals surface area contributed by atoms with E-state index in [1.165, 1.54) is 22.3 Å². The number of fused-ring (bicyclic) bond motifs is 1. The Bertz CT molecular complexity index is 708. The van der Waals surface area contributed by atoms with Gasteiger partial charge in [0.25, 0.3) is 0 Å². The number of para-hydroxylation sites is 1. The summed E-state index contributed by atoms with van der Waals surface area (Å²) in [5.41, 5.74) is 3.72. The average Bonchev–Trinajstić information content (AvgIpc) is 2.87. The minimum absolute atomic E-state index is 1.11. The monoisotopic (exact) mass is 357 g/mol. The van der Waals surface area contributed by atoms with Crippen molar-refractivity contribution in [1.82, 2.24) is 4.57 Å².